The normalized spacial score (nSPS) is 11.0. The third-order valence-electron chi connectivity index (χ3n) is 3.30. The fourth-order valence-electron chi connectivity index (χ4n) is 1.90. The van der Waals surface area contributed by atoms with E-state index < -0.39 is 0 Å². The van der Waals surface area contributed by atoms with E-state index in [0.29, 0.717) is 18.1 Å². The Hall–Kier alpha value is -1.15. The molecule has 22 heavy (non-hydrogen) atoms. The summed E-state index contributed by atoms with van der Waals surface area (Å²) in [4.78, 5) is 5.47. The van der Waals surface area contributed by atoms with Gasteiger partial charge < -0.3 is 10.6 Å². The van der Waals surface area contributed by atoms with Gasteiger partial charge in [-0.3, -0.25) is 4.99 Å². The van der Waals surface area contributed by atoms with Crippen LogP contribution in [0.4, 0.5) is 4.39 Å². The molecule has 120 valence electrons. The summed E-state index contributed by atoms with van der Waals surface area (Å²) in [6.45, 7) is 5.14. The minimum atomic E-state index is -0.175. The fourth-order valence-corrected chi connectivity index (χ4v) is 2.75. The Morgan fingerprint density at radius 2 is 1.86 bits per heavy atom. The SMILES string of the molecule is CN=C(NCc1ccc(C)c(F)c1)NCc1sccc1C.I. The van der Waals surface area contributed by atoms with Crippen molar-refractivity contribution in [1.29, 1.82) is 0 Å². The van der Waals surface area contributed by atoms with E-state index in [0.717, 1.165) is 12.1 Å². The van der Waals surface area contributed by atoms with E-state index in [9.17, 15) is 4.39 Å². The third kappa shape index (κ3) is 5.24. The Labute approximate surface area is 152 Å². The number of halogens is 2. The van der Waals surface area contributed by atoms with E-state index >= 15 is 0 Å². The van der Waals surface area contributed by atoms with E-state index in [-0.39, 0.29) is 29.8 Å². The molecule has 0 unspecified atom stereocenters. The third-order valence-corrected chi connectivity index (χ3v) is 4.33. The van der Waals surface area contributed by atoms with Crippen molar-refractivity contribution in [1.82, 2.24) is 10.6 Å². The maximum Gasteiger partial charge on any atom is 0.191 e. The molecule has 0 saturated heterocycles. The van der Waals surface area contributed by atoms with Crippen LogP contribution in [0.2, 0.25) is 0 Å². The number of nitrogens with zero attached hydrogens (tertiary/aromatic N) is 1. The van der Waals surface area contributed by atoms with Crippen LogP contribution in [0.1, 0.15) is 21.6 Å². The number of hydrogen-bond acceptors (Lipinski definition) is 2. The number of aryl methyl sites for hydroxylation is 2. The number of rotatable bonds is 4. The first-order valence-corrected chi connectivity index (χ1v) is 7.70. The van der Waals surface area contributed by atoms with Gasteiger partial charge in [0.15, 0.2) is 5.96 Å². The lowest BCUT2D eigenvalue weighted by molar-refractivity contribution is 0.615. The molecule has 0 radical (unpaired) electrons. The van der Waals surface area contributed by atoms with Gasteiger partial charge in [-0.05, 0) is 48.1 Å². The van der Waals surface area contributed by atoms with Gasteiger partial charge in [-0.1, -0.05) is 12.1 Å². The first-order valence-electron chi connectivity index (χ1n) is 6.82. The second-order valence-corrected chi connectivity index (χ2v) is 5.89. The average molecular weight is 433 g/mol. The van der Waals surface area contributed by atoms with Gasteiger partial charge >= 0.3 is 0 Å². The molecule has 2 aromatic rings. The number of aliphatic imine (C=N–C) groups is 1. The molecule has 0 aliphatic heterocycles. The summed E-state index contributed by atoms with van der Waals surface area (Å²) in [7, 11) is 1.73. The van der Waals surface area contributed by atoms with Crippen LogP contribution in [0.25, 0.3) is 0 Å². The highest BCUT2D eigenvalue weighted by molar-refractivity contribution is 14.0. The molecule has 0 bridgehead atoms. The minimum absolute atomic E-state index is 0. The zero-order valence-electron chi connectivity index (χ0n) is 12.9. The van der Waals surface area contributed by atoms with Crippen molar-refractivity contribution in [2.45, 2.75) is 26.9 Å². The van der Waals surface area contributed by atoms with Crippen molar-refractivity contribution >= 4 is 41.3 Å². The number of guanidine groups is 1. The molecule has 0 atom stereocenters. The Morgan fingerprint density at radius 3 is 2.45 bits per heavy atom. The number of benzene rings is 1. The van der Waals surface area contributed by atoms with Crippen molar-refractivity contribution < 1.29 is 4.39 Å². The molecule has 0 saturated carbocycles. The van der Waals surface area contributed by atoms with Crippen LogP contribution in [-0.4, -0.2) is 13.0 Å². The van der Waals surface area contributed by atoms with E-state index in [1.54, 1.807) is 37.4 Å². The molecule has 2 rings (SSSR count). The predicted molar refractivity (Wildman–Crippen MR) is 103 cm³/mol. The quantitative estimate of drug-likeness (QED) is 0.435. The number of thiophene rings is 1. The van der Waals surface area contributed by atoms with Gasteiger partial charge in [0.25, 0.3) is 0 Å². The van der Waals surface area contributed by atoms with Crippen LogP contribution in [0.15, 0.2) is 34.6 Å². The average Bonchev–Trinajstić information content (AvgIpc) is 2.88. The summed E-state index contributed by atoms with van der Waals surface area (Å²) in [5.41, 5.74) is 2.84. The molecule has 1 aromatic heterocycles. The maximum atomic E-state index is 13.5. The highest BCUT2D eigenvalue weighted by Gasteiger charge is 2.03. The molecule has 3 nitrogen and oxygen atoms in total. The Bertz CT molecular complexity index is 640. The molecule has 6 heteroatoms. The van der Waals surface area contributed by atoms with Gasteiger partial charge in [-0.15, -0.1) is 35.3 Å². The van der Waals surface area contributed by atoms with Crippen LogP contribution in [0, 0.1) is 19.7 Å². The molecule has 1 heterocycles. The Morgan fingerprint density at radius 1 is 1.14 bits per heavy atom. The summed E-state index contributed by atoms with van der Waals surface area (Å²) >= 11 is 1.73. The topological polar surface area (TPSA) is 36.4 Å². The van der Waals surface area contributed by atoms with Crippen LogP contribution < -0.4 is 10.6 Å². The molecule has 0 aliphatic carbocycles. The first-order chi connectivity index (χ1) is 10.1. The molecule has 0 amide bonds. The summed E-state index contributed by atoms with van der Waals surface area (Å²) < 4.78 is 13.5. The van der Waals surface area contributed by atoms with Gasteiger partial charge in [0, 0.05) is 18.5 Å². The predicted octanol–water partition coefficient (Wildman–Crippen LogP) is 3.99. The first kappa shape index (κ1) is 18.9. The lowest BCUT2D eigenvalue weighted by Crippen LogP contribution is -2.36. The van der Waals surface area contributed by atoms with Crippen molar-refractivity contribution in [3.05, 3.63) is 57.0 Å². The molecule has 1 aromatic carbocycles. The maximum absolute atomic E-state index is 13.5. The molecule has 0 fully saturated rings. The van der Waals surface area contributed by atoms with Gasteiger partial charge in [0.2, 0.25) is 0 Å². The monoisotopic (exact) mass is 433 g/mol. The zero-order chi connectivity index (χ0) is 15.2. The molecule has 2 N–H and O–H groups in total. The van der Waals surface area contributed by atoms with Gasteiger partial charge in [-0.25, -0.2) is 4.39 Å². The minimum Gasteiger partial charge on any atom is -0.352 e. The van der Waals surface area contributed by atoms with Gasteiger partial charge in [0.05, 0.1) is 6.54 Å². The van der Waals surface area contributed by atoms with Crippen LogP contribution in [0.3, 0.4) is 0 Å². The van der Waals surface area contributed by atoms with E-state index in [1.165, 1.54) is 10.4 Å². The van der Waals surface area contributed by atoms with Crippen LogP contribution in [-0.2, 0) is 13.1 Å². The number of hydrogen-bond donors (Lipinski definition) is 2. The molecular formula is C16H21FIN3S. The summed E-state index contributed by atoms with van der Waals surface area (Å²) in [6, 6.07) is 7.37. The summed E-state index contributed by atoms with van der Waals surface area (Å²) in [5, 5.41) is 8.54. The summed E-state index contributed by atoms with van der Waals surface area (Å²) in [6.07, 6.45) is 0. The van der Waals surface area contributed by atoms with Crippen molar-refractivity contribution in [2.75, 3.05) is 7.05 Å². The fraction of sp³-hybridized carbons (Fsp3) is 0.312. The van der Waals surface area contributed by atoms with Crippen molar-refractivity contribution in [3.63, 3.8) is 0 Å². The molecular weight excluding hydrogens is 412 g/mol. The van der Waals surface area contributed by atoms with E-state index in [1.807, 2.05) is 6.07 Å². The van der Waals surface area contributed by atoms with Gasteiger partial charge in [-0.2, -0.15) is 0 Å². The van der Waals surface area contributed by atoms with Gasteiger partial charge in [0.1, 0.15) is 5.82 Å². The van der Waals surface area contributed by atoms with Crippen molar-refractivity contribution in [3.8, 4) is 0 Å². The highest BCUT2D eigenvalue weighted by Crippen LogP contribution is 2.14. The largest absolute Gasteiger partial charge is 0.352 e. The molecule has 0 aliphatic rings. The van der Waals surface area contributed by atoms with Crippen LogP contribution in [0.5, 0.6) is 0 Å². The second kappa shape index (κ2) is 9.09. The smallest absolute Gasteiger partial charge is 0.191 e. The number of nitrogens with one attached hydrogen (secondary N) is 2. The Balaban J connectivity index is 0.00000242. The zero-order valence-corrected chi connectivity index (χ0v) is 16.1. The Kier molecular flexibility index (Phi) is 7.81. The second-order valence-electron chi connectivity index (χ2n) is 4.89. The summed E-state index contributed by atoms with van der Waals surface area (Å²) in [5.74, 6) is 0.537. The standard InChI is InChI=1S/C16H20FN3S.HI/c1-11-4-5-13(8-14(11)17)9-19-16(18-3)20-10-15-12(2)6-7-21-15;/h4-8H,9-10H2,1-3H3,(H2,18,19,20);1H. The van der Waals surface area contributed by atoms with Crippen LogP contribution >= 0.6 is 35.3 Å². The highest BCUT2D eigenvalue weighted by atomic mass is 127. The lowest BCUT2D eigenvalue weighted by atomic mass is 10.1. The van der Waals surface area contributed by atoms with E-state index in [4.69, 9.17) is 0 Å². The van der Waals surface area contributed by atoms with E-state index in [2.05, 4.69) is 34.0 Å². The lowest BCUT2D eigenvalue weighted by Gasteiger charge is -2.12. The van der Waals surface area contributed by atoms with Crippen molar-refractivity contribution in [2.24, 2.45) is 4.99 Å². The molecule has 0 spiro atoms.